The number of nitrogens with one attached hydrogen (secondary N) is 1. The minimum atomic E-state index is -0.335. The number of methoxy groups -OCH3 is 1. The smallest absolute Gasteiger partial charge is 0.274 e. The van der Waals surface area contributed by atoms with Crippen LogP contribution < -0.4 is 10.1 Å². The maximum atomic E-state index is 12.8. The molecule has 4 rings (SSSR count). The molecular formula is C21H18N6O2. The van der Waals surface area contributed by atoms with E-state index in [0.717, 1.165) is 5.56 Å². The summed E-state index contributed by atoms with van der Waals surface area (Å²) in [4.78, 5) is 25.7. The second kappa shape index (κ2) is 7.89. The van der Waals surface area contributed by atoms with E-state index in [1.54, 1.807) is 55.6 Å². The summed E-state index contributed by atoms with van der Waals surface area (Å²) in [7, 11) is 3.34. The third kappa shape index (κ3) is 3.96. The highest BCUT2D eigenvalue weighted by atomic mass is 16.5. The van der Waals surface area contributed by atoms with Crippen molar-refractivity contribution in [2.45, 2.75) is 0 Å². The van der Waals surface area contributed by atoms with Crippen molar-refractivity contribution in [1.29, 1.82) is 0 Å². The Morgan fingerprint density at radius 2 is 1.90 bits per heavy atom. The molecule has 0 radical (unpaired) electrons. The second-order valence-corrected chi connectivity index (χ2v) is 6.23. The van der Waals surface area contributed by atoms with Crippen molar-refractivity contribution >= 4 is 11.6 Å². The molecule has 0 aliphatic carbocycles. The quantitative estimate of drug-likeness (QED) is 0.566. The number of aromatic nitrogens is 5. The zero-order valence-corrected chi connectivity index (χ0v) is 15.9. The minimum Gasteiger partial charge on any atom is -0.481 e. The van der Waals surface area contributed by atoms with Crippen LogP contribution in [0, 0.1) is 0 Å². The summed E-state index contributed by atoms with van der Waals surface area (Å²) in [5, 5.41) is 7.30. The number of hydrogen-bond donors (Lipinski definition) is 1. The van der Waals surface area contributed by atoms with Gasteiger partial charge in [-0.25, -0.2) is 9.97 Å². The lowest BCUT2D eigenvalue weighted by Crippen LogP contribution is -2.14. The van der Waals surface area contributed by atoms with Gasteiger partial charge in [0.15, 0.2) is 0 Å². The Morgan fingerprint density at radius 3 is 2.69 bits per heavy atom. The predicted molar refractivity (Wildman–Crippen MR) is 108 cm³/mol. The molecule has 0 aliphatic heterocycles. The summed E-state index contributed by atoms with van der Waals surface area (Å²) in [6.07, 6.45) is 5.06. The van der Waals surface area contributed by atoms with E-state index in [-0.39, 0.29) is 11.6 Å². The fourth-order valence-electron chi connectivity index (χ4n) is 2.86. The second-order valence-electron chi connectivity index (χ2n) is 6.23. The highest BCUT2D eigenvalue weighted by molar-refractivity contribution is 6.04. The topological polar surface area (TPSA) is 94.8 Å². The maximum Gasteiger partial charge on any atom is 0.274 e. The van der Waals surface area contributed by atoms with Gasteiger partial charge in [-0.15, -0.1) is 0 Å². The van der Waals surface area contributed by atoms with Crippen LogP contribution >= 0.6 is 0 Å². The molecule has 8 nitrogen and oxygen atoms in total. The van der Waals surface area contributed by atoms with Gasteiger partial charge in [0.05, 0.1) is 24.2 Å². The number of anilines is 1. The molecule has 0 bridgehead atoms. The summed E-state index contributed by atoms with van der Waals surface area (Å²) in [6, 6.07) is 14.4. The molecule has 29 heavy (non-hydrogen) atoms. The van der Waals surface area contributed by atoms with Crippen molar-refractivity contribution in [1.82, 2.24) is 24.7 Å². The van der Waals surface area contributed by atoms with Gasteiger partial charge in [0.25, 0.3) is 5.91 Å². The van der Waals surface area contributed by atoms with Crippen molar-refractivity contribution in [3.8, 4) is 28.5 Å². The van der Waals surface area contributed by atoms with E-state index in [1.807, 2.05) is 30.3 Å². The first-order chi connectivity index (χ1) is 14.1. The van der Waals surface area contributed by atoms with Gasteiger partial charge in [-0.2, -0.15) is 5.10 Å². The average Bonchev–Trinajstić information content (AvgIpc) is 3.14. The van der Waals surface area contributed by atoms with E-state index in [2.05, 4.69) is 25.4 Å². The standard InChI is InChI=1S/C21H18N6O2/c1-27-13-18(20(26-27)16-6-3-4-10-22-16)25-21(28)17-8-5-7-15(24-17)14-9-11-23-19(12-14)29-2/h3-13H,1-2H3,(H,25,28). The van der Waals surface area contributed by atoms with Gasteiger partial charge >= 0.3 is 0 Å². The Bertz CT molecular complexity index is 1160. The third-order valence-electron chi connectivity index (χ3n) is 4.21. The number of aryl methyl sites for hydroxylation is 1. The first-order valence-corrected chi connectivity index (χ1v) is 8.88. The Morgan fingerprint density at radius 1 is 1.03 bits per heavy atom. The van der Waals surface area contributed by atoms with Crippen molar-refractivity contribution < 1.29 is 9.53 Å². The molecular weight excluding hydrogens is 368 g/mol. The molecule has 0 atom stereocenters. The first kappa shape index (κ1) is 18.3. The molecule has 1 N–H and O–H groups in total. The van der Waals surface area contributed by atoms with Crippen LogP contribution in [0.4, 0.5) is 5.69 Å². The van der Waals surface area contributed by atoms with Crippen LogP contribution in [0.5, 0.6) is 5.88 Å². The number of rotatable bonds is 5. The molecule has 0 unspecified atom stereocenters. The molecule has 4 heterocycles. The van der Waals surface area contributed by atoms with E-state index < -0.39 is 0 Å². The van der Waals surface area contributed by atoms with Crippen LogP contribution in [-0.4, -0.2) is 37.7 Å². The fraction of sp³-hybridized carbons (Fsp3) is 0.0952. The molecule has 1 amide bonds. The van der Waals surface area contributed by atoms with Gasteiger partial charge in [-0.05, 0) is 30.3 Å². The molecule has 144 valence electrons. The highest BCUT2D eigenvalue weighted by Gasteiger charge is 2.16. The summed E-state index contributed by atoms with van der Waals surface area (Å²) >= 11 is 0. The minimum absolute atomic E-state index is 0.286. The van der Waals surface area contributed by atoms with Crippen LogP contribution in [0.1, 0.15) is 10.5 Å². The van der Waals surface area contributed by atoms with E-state index in [1.165, 1.54) is 0 Å². The molecule has 0 aliphatic rings. The van der Waals surface area contributed by atoms with Gasteiger partial charge in [-0.3, -0.25) is 14.5 Å². The summed E-state index contributed by atoms with van der Waals surface area (Å²) in [6.45, 7) is 0. The van der Waals surface area contributed by atoms with Crippen molar-refractivity contribution in [3.05, 3.63) is 72.8 Å². The Kier molecular flexibility index (Phi) is 4.98. The Hall–Kier alpha value is -4.07. The molecule has 0 saturated carbocycles. The van der Waals surface area contributed by atoms with Crippen LogP contribution in [0.2, 0.25) is 0 Å². The average molecular weight is 386 g/mol. The number of hydrogen-bond acceptors (Lipinski definition) is 6. The molecule has 4 aromatic heterocycles. The highest BCUT2D eigenvalue weighted by Crippen LogP contribution is 2.25. The van der Waals surface area contributed by atoms with Gasteiger partial charge in [-0.1, -0.05) is 12.1 Å². The van der Waals surface area contributed by atoms with Crippen LogP contribution in [0.25, 0.3) is 22.6 Å². The van der Waals surface area contributed by atoms with Gasteiger partial charge in [0.2, 0.25) is 5.88 Å². The van der Waals surface area contributed by atoms with Crippen molar-refractivity contribution in [2.75, 3.05) is 12.4 Å². The molecule has 4 aromatic rings. The zero-order chi connectivity index (χ0) is 20.2. The molecule has 0 aromatic carbocycles. The first-order valence-electron chi connectivity index (χ1n) is 8.88. The van der Waals surface area contributed by atoms with E-state index >= 15 is 0 Å². The van der Waals surface area contributed by atoms with Crippen LogP contribution in [0.3, 0.4) is 0 Å². The number of pyridine rings is 3. The van der Waals surface area contributed by atoms with Gasteiger partial charge in [0, 0.05) is 37.3 Å². The number of carbonyl (C=O) groups is 1. The lowest BCUT2D eigenvalue weighted by Gasteiger charge is -2.07. The van der Waals surface area contributed by atoms with Gasteiger partial charge < -0.3 is 10.1 Å². The SMILES string of the molecule is COc1cc(-c2cccc(C(=O)Nc3cn(C)nc3-c3ccccn3)n2)ccn1. The largest absolute Gasteiger partial charge is 0.481 e. The summed E-state index contributed by atoms with van der Waals surface area (Å²) in [5.74, 6) is 0.146. The zero-order valence-electron chi connectivity index (χ0n) is 15.9. The van der Waals surface area contributed by atoms with E-state index in [4.69, 9.17) is 4.74 Å². The van der Waals surface area contributed by atoms with Crippen molar-refractivity contribution in [3.63, 3.8) is 0 Å². The van der Waals surface area contributed by atoms with Gasteiger partial charge in [0.1, 0.15) is 11.4 Å². The summed E-state index contributed by atoms with van der Waals surface area (Å²) < 4.78 is 6.79. The Balaban J connectivity index is 1.62. The van der Waals surface area contributed by atoms with E-state index in [9.17, 15) is 4.79 Å². The normalized spacial score (nSPS) is 10.6. The lowest BCUT2D eigenvalue weighted by molar-refractivity contribution is 0.102. The van der Waals surface area contributed by atoms with Crippen molar-refractivity contribution in [2.24, 2.45) is 7.05 Å². The number of amides is 1. The monoisotopic (exact) mass is 386 g/mol. The predicted octanol–water partition coefficient (Wildman–Crippen LogP) is 3.20. The van der Waals surface area contributed by atoms with Crippen LogP contribution in [0.15, 0.2) is 67.1 Å². The lowest BCUT2D eigenvalue weighted by atomic mass is 10.1. The molecule has 0 fully saturated rings. The maximum absolute atomic E-state index is 12.8. The molecule has 0 spiro atoms. The number of carbonyl (C=O) groups excluding carboxylic acids is 1. The molecule has 8 heteroatoms. The van der Waals surface area contributed by atoms with E-state index in [0.29, 0.717) is 28.6 Å². The number of ether oxygens (including phenoxy) is 1. The number of nitrogens with zero attached hydrogens (tertiary/aromatic N) is 5. The molecule has 0 saturated heterocycles. The third-order valence-corrected chi connectivity index (χ3v) is 4.21. The summed E-state index contributed by atoms with van der Waals surface area (Å²) in [5.41, 5.74) is 3.57. The van der Waals surface area contributed by atoms with Crippen LogP contribution in [-0.2, 0) is 7.05 Å². The fourth-order valence-corrected chi connectivity index (χ4v) is 2.86. The Labute approximate surface area is 167 Å².